The average molecular weight is 513 g/mol. The molecule has 0 bridgehead atoms. The van der Waals surface area contributed by atoms with Gasteiger partial charge in [-0.25, -0.2) is 14.7 Å². The maximum Gasteiger partial charge on any atom is 0.241 e. The number of aromatic nitrogens is 3. The number of aryl methyl sites for hydroxylation is 1. The van der Waals surface area contributed by atoms with Gasteiger partial charge in [-0.2, -0.15) is 5.10 Å². The van der Waals surface area contributed by atoms with Crippen LogP contribution in [0.4, 0.5) is 5.69 Å². The Kier molecular flexibility index (Phi) is 4.92. The molecular weight excluding hydrogens is 502 g/mol. The van der Waals surface area contributed by atoms with E-state index in [0.717, 1.165) is 11.8 Å². The first-order chi connectivity index (χ1) is 13.0. The molecule has 6 nitrogen and oxygen atoms in total. The number of carbonyl (C=O) groups excluding carboxylic acids is 1. The van der Waals surface area contributed by atoms with Crippen LogP contribution < -0.4 is 0 Å². The van der Waals surface area contributed by atoms with Gasteiger partial charge < -0.3 is 4.74 Å². The van der Waals surface area contributed by atoms with Crippen molar-refractivity contribution >= 4 is 63.7 Å². The highest BCUT2D eigenvalue weighted by Gasteiger charge is 2.29. The van der Waals surface area contributed by atoms with E-state index in [1.165, 1.54) is 0 Å². The first-order valence-electron chi connectivity index (χ1n) is 7.85. The Hall–Kier alpha value is -1.97. The third-order valence-electron chi connectivity index (χ3n) is 4.02. The molecule has 3 heterocycles. The number of hydrogen-bond acceptors (Lipinski definition) is 5. The van der Waals surface area contributed by atoms with Gasteiger partial charge in [-0.3, -0.25) is 4.79 Å². The lowest BCUT2D eigenvalue weighted by molar-refractivity contribution is -0.114. The van der Waals surface area contributed by atoms with E-state index in [4.69, 9.17) is 27.9 Å². The number of hydrogen-bond donors (Lipinski definition) is 0. The van der Waals surface area contributed by atoms with E-state index in [1.54, 1.807) is 41.2 Å². The van der Waals surface area contributed by atoms with Crippen LogP contribution in [-0.4, -0.2) is 26.9 Å². The van der Waals surface area contributed by atoms with Crippen LogP contribution >= 0.6 is 45.8 Å². The zero-order valence-corrected chi connectivity index (χ0v) is 17.5. The van der Waals surface area contributed by atoms with Crippen LogP contribution in [0.5, 0.6) is 0 Å². The zero-order chi connectivity index (χ0) is 19.1. The summed E-state index contributed by atoms with van der Waals surface area (Å²) in [5.74, 6) is 0.715. The van der Waals surface area contributed by atoms with Gasteiger partial charge in [0.2, 0.25) is 5.90 Å². The van der Waals surface area contributed by atoms with Crippen molar-refractivity contribution in [2.45, 2.75) is 13.0 Å². The van der Waals surface area contributed by atoms with E-state index < -0.39 is 6.10 Å². The number of rotatable bonds is 3. The summed E-state index contributed by atoms with van der Waals surface area (Å²) >= 11 is 14.5. The van der Waals surface area contributed by atoms with Crippen LogP contribution in [0.25, 0.3) is 5.82 Å². The zero-order valence-electron chi connectivity index (χ0n) is 13.9. The fourth-order valence-electron chi connectivity index (χ4n) is 2.86. The van der Waals surface area contributed by atoms with Crippen LogP contribution in [0.3, 0.4) is 0 Å². The summed E-state index contributed by atoms with van der Waals surface area (Å²) in [6.07, 6.45) is 1.53. The standard InChI is InChI=1S/C18H11Cl2IN4O2/c1-9-5-10(19)6-11-14(8-26)27-18(23-16(9)11)13-7-15(21)24-25(13)17-12(20)3-2-4-22-17/h2-8,14H,1H3. The van der Waals surface area contributed by atoms with E-state index in [0.29, 0.717) is 36.5 Å². The Morgan fingerprint density at radius 2 is 2.11 bits per heavy atom. The lowest BCUT2D eigenvalue weighted by atomic mass is 10.0. The molecule has 0 aliphatic carbocycles. The highest BCUT2D eigenvalue weighted by Crippen LogP contribution is 2.38. The van der Waals surface area contributed by atoms with Gasteiger partial charge in [0.1, 0.15) is 9.39 Å². The van der Waals surface area contributed by atoms with Crippen LogP contribution in [0.2, 0.25) is 10.0 Å². The number of aldehydes is 1. The van der Waals surface area contributed by atoms with Gasteiger partial charge in [0, 0.05) is 22.8 Å². The van der Waals surface area contributed by atoms with E-state index in [1.807, 2.05) is 6.92 Å². The van der Waals surface area contributed by atoms with Gasteiger partial charge in [-0.05, 0) is 59.3 Å². The van der Waals surface area contributed by atoms with Crippen LogP contribution in [0, 0.1) is 10.6 Å². The molecule has 4 rings (SSSR count). The third kappa shape index (κ3) is 3.35. The highest BCUT2D eigenvalue weighted by molar-refractivity contribution is 14.1. The smallest absolute Gasteiger partial charge is 0.241 e. The molecule has 0 radical (unpaired) electrons. The highest BCUT2D eigenvalue weighted by atomic mass is 127. The van der Waals surface area contributed by atoms with E-state index in [9.17, 15) is 4.79 Å². The Labute approximate surface area is 178 Å². The molecule has 1 aliphatic rings. The predicted molar refractivity (Wildman–Crippen MR) is 111 cm³/mol. The summed E-state index contributed by atoms with van der Waals surface area (Å²) < 4.78 is 8.12. The number of nitrogens with zero attached hydrogens (tertiary/aromatic N) is 4. The molecule has 1 aromatic carbocycles. The third-order valence-corrected chi connectivity index (χ3v) is 5.06. The molecule has 1 aliphatic heterocycles. The lowest BCUT2D eigenvalue weighted by Crippen LogP contribution is -2.21. The molecule has 0 saturated heterocycles. The van der Waals surface area contributed by atoms with Crippen molar-refractivity contribution in [3.05, 3.63) is 67.1 Å². The van der Waals surface area contributed by atoms with Crippen molar-refractivity contribution in [3.8, 4) is 5.82 Å². The normalized spacial score (nSPS) is 15.7. The molecular formula is C18H11Cl2IN4O2. The van der Waals surface area contributed by atoms with Gasteiger partial charge in [0.05, 0.1) is 10.7 Å². The molecule has 136 valence electrons. The minimum atomic E-state index is -0.815. The maximum atomic E-state index is 11.7. The summed E-state index contributed by atoms with van der Waals surface area (Å²) in [6.45, 7) is 1.88. The molecule has 0 amide bonds. The fourth-order valence-corrected chi connectivity index (χ4v) is 3.85. The second-order valence-corrected chi connectivity index (χ2v) is 7.77. The molecule has 3 aromatic rings. The van der Waals surface area contributed by atoms with Gasteiger partial charge in [0.25, 0.3) is 0 Å². The number of carbonyl (C=O) groups is 1. The van der Waals surface area contributed by atoms with Crippen LogP contribution in [-0.2, 0) is 9.53 Å². The number of fused-ring (bicyclic) bond motifs is 1. The number of ether oxygens (including phenoxy) is 1. The van der Waals surface area contributed by atoms with Crippen molar-refractivity contribution in [2.75, 3.05) is 0 Å². The minimum absolute atomic E-state index is 0.266. The first kappa shape index (κ1) is 18.4. The summed E-state index contributed by atoms with van der Waals surface area (Å²) in [4.78, 5) is 20.6. The summed E-state index contributed by atoms with van der Waals surface area (Å²) in [7, 11) is 0. The molecule has 0 fully saturated rings. The quantitative estimate of drug-likeness (QED) is 0.372. The summed E-state index contributed by atoms with van der Waals surface area (Å²) in [5.41, 5.74) is 2.69. The Morgan fingerprint density at radius 1 is 1.30 bits per heavy atom. The molecule has 0 saturated carbocycles. The van der Waals surface area contributed by atoms with Gasteiger partial charge in [-0.1, -0.05) is 23.2 Å². The maximum absolute atomic E-state index is 11.7. The molecule has 0 N–H and O–H groups in total. The van der Waals surface area contributed by atoms with Crippen molar-refractivity contribution in [2.24, 2.45) is 4.99 Å². The van der Waals surface area contributed by atoms with Gasteiger partial charge in [-0.15, -0.1) is 0 Å². The second-order valence-electron chi connectivity index (χ2n) is 5.82. The van der Waals surface area contributed by atoms with Gasteiger partial charge >= 0.3 is 0 Å². The van der Waals surface area contributed by atoms with Crippen LogP contribution in [0.15, 0.2) is 41.5 Å². The Morgan fingerprint density at radius 3 is 2.85 bits per heavy atom. The Balaban J connectivity index is 1.91. The molecule has 27 heavy (non-hydrogen) atoms. The lowest BCUT2D eigenvalue weighted by Gasteiger charge is -2.24. The summed E-state index contributed by atoms with van der Waals surface area (Å²) in [6, 6.07) is 8.75. The van der Waals surface area contributed by atoms with Gasteiger partial charge in [0.15, 0.2) is 18.2 Å². The largest absolute Gasteiger partial charge is 0.460 e. The van der Waals surface area contributed by atoms with E-state index in [-0.39, 0.29) is 5.90 Å². The number of aliphatic imine (C=N–C) groups is 1. The SMILES string of the molecule is Cc1cc(Cl)cc2c1N=C(c1cc(I)nn1-c1ncccc1Cl)OC2C=O. The second kappa shape index (κ2) is 7.21. The molecule has 1 atom stereocenters. The summed E-state index contributed by atoms with van der Waals surface area (Å²) in [5, 5.41) is 5.41. The topological polar surface area (TPSA) is 69.4 Å². The Bertz CT molecular complexity index is 1100. The number of pyridine rings is 1. The van der Waals surface area contributed by atoms with Crippen molar-refractivity contribution in [1.82, 2.24) is 14.8 Å². The average Bonchev–Trinajstić information content (AvgIpc) is 3.03. The molecule has 2 aromatic heterocycles. The molecule has 1 unspecified atom stereocenters. The van der Waals surface area contributed by atoms with E-state index >= 15 is 0 Å². The first-order valence-corrected chi connectivity index (χ1v) is 9.69. The van der Waals surface area contributed by atoms with Crippen molar-refractivity contribution in [3.63, 3.8) is 0 Å². The monoisotopic (exact) mass is 512 g/mol. The number of halogens is 3. The molecule has 9 heteroatoms. The van der Waals surface area contributed by atoms with Crippen molar-refractivity contribution in [1.29, 1.82) is 0 Å². The van der Waals surface area contributed by atoms with Crippen molar-refractivity contribution < 1.29 is 9.53 Å². The molecule has 0 spiro atoms. The predicted octanol–water partition coefficient (Wildman–Crippen LogP) is 4.84. The minimum Gasteiger partial charge on any atom is -0.460 e. The van der Waals surface area contributed by atoms with Crippen LogP contribution in [0.1, 0.15) is 22.9 Å². The van der Waals surface area contributed by atoms with E-state index in [2.05, 4.69) is 37.7 Å². The number of benzene rings is 1. The fraction of sp³-hybridized carbons (Fsp3) is 0.111.